The number of benzene rings is 1. The number of aromatic amines is 1. The number of H-pyrrole nitrogens is 1. The SMILES string of the molecule is COCc1cc2ccc(CN)cc2[nH]1. The lowest BCUT2D eigenvalue weighted by atomic mass is 10.2. The molecule has 3 nitrogen and oxygen atoms in total. The lowest BCUT2D eigenvalue weighted by Gasteiger charge is -1.95. The summed E-state index contributed by atoms with van der Waals surface area (Å²) in [5.41, 5.74) is 8.93. The molecular weight excluding hydrogens is 176 g/mol. The molecule has 0 fully saturated rings. The number of methoxy groups -OCH3 is 1. The van der Waals surface area contributed by atoms with E-state index in [9.17, 15) is 0 Å². The van der Waals surface area contributed by atoms with E-state index < -0.39 is 0 Å². The van der Waals surface area contributed by atoms with Crippen molar-refractivity contribution in [2.75, 3.05) is 7.11 Å². The zero-order chi connectivity index (χ0) is 9.97. The Morgan fingerprint density at radius 3 is 2.93 bits per heavy atom. The highest BCUT2D eigenvalue weighted by Crippen LogP contribution is 2.17. The first-order chi connectivity index (χ1) is 6.83. The van der Waals surface area contributed by atoms with Gasteiger partial charge in [0.05, 0.1) is 6.61 Å². The van der Waals surface area contributed by atoms with Gasteiger partial charge in [0.25, 0.3) is 0 Å². The maximum absolute atomic E-state index is 5.57. The van der Waals surface area contributed by atoms with E-state index >= 15 is 0 Å². The molecule has 3 heteroatoms. The fourth-order valence-electron chi connectivity index (χ4n) is 1.59. The second kappa shape index (κ2) is 3.82. The Morgan fingerprint density at radius 1 is 1.36 bits per heavy atom. The van der Waals surface area contributed by atoms with Crippen molar-refractivity contribution in [1.29, 1.82) is 0 Å². The maximum atomic E-state index is 5.57. The van der Waals surface area contributed by atoms with Gasteiger partial charge in [-0.3, -0.25) is 0 Å². The van der Waals surface area contributed by atoms with Crippen LogP contribution in [0, 0.1) is 0 Å². The molecule has 1 aromatic heterocycles. The van der Waals surface area contributed by atoms with Gasteiger partial charge >= 0.3 is 0 Å². The number of hydrogen-bond donors (Lipinski definition) is 2. The Kier molecular flexibility index (Phi) is 2.52. The van der Waals surface area contributed by atoms with Crippen molar-refractivity contribution < 1.29 is 4.74 Å². The van der Waals surface area contributed by atoms with Crippen LogP contribution in [0.4, 0.5) is 0 Å². The highest BCUT2D eigenvalue weighted by molar-refractivity contribution is 5.81. The molecule has 1 heterocycles. The van der Waals surface area contributed by atoms with Gasteiger partial charge in [0.2, 0.25) is 0 Å². The molecule has 0 saturated carbocycles. The average molecular weight is 190 g/mol. The fourth-order valence-corrected chi connectivity index (χ4v) is 1.59. The van der Waals surface area contributed by atoms with E-state index in [1.54, 1.807) is 7.11 Å². The van der Waals surface area contributed by atoms with Gasteiger partial charge in [-0.25, -0.2) is 0 Å². The van der Waals surface area contributed by atoms with Gasteiger partial charge in [0.15, 0.2) is 0 Å². The average Bonchev–Trinajstić information content (AvgIpc) is 2.59. The van der Waals surface area contributed by atoms with Crippen LogP contribution < -0.4 is 5.73 Å². The summed E-state index contributed by atoms with van der Waals surface area (Å²) in [6, 6.07) is 8.30. The van der Waals surface area contributed by atoms with Crippen LogP contribution in [0.15, 0.2) is 24.3 Å². The van der Waals surface area contributed by atoms with E-state index in [4.69, 9.17) is 10.5 Å². The van der Waals surface area contributed by atoms with Crippen LogP contribution in [0.25, 0.3) is 10.9 Å². The normalized spacial score (nSPS) is 11.0. The minimum absolute atomic E-state index is 0.578. The van der Waals surface area contributed by atoms with E-state index in [0.717, 1.165) is 16.8 Å². The lowest BCUT2D eigenvalue weighted by molar-refractivity contribution is 0.182. The summed E-state index contributed by atoms with van der Waals surface area (Å²) >= 11 is 0. The van der Waals surface area contributed by atoms with Crippen molar-refractivity contribution in [2.45, 2.75) is 13.2 Å². The Hall–Kier alpha value is -1.32. The molecule has 3 N–H and O–H groups in total. The molecular formula is C11H14N2O. The standard InChI is InChI=1S/C11H14N2O/c1-14-7-10-5-9-3-2-8(6-12)4-11(9)13-10/h2-5,13H,6-7,12H2,1H3. The molecule has 0 radical (unpaired) electrons. The smallest absolute Gasteiger partial charge is 0.0862 e. The quantitative estimate of drug-likeness (QED) is 0.775. The van der Waals surface area contributed by atoms with Gasteiger partial charge in [-0.1, -0.05) is 12.1 Å². The number of nitrogens with one attached hydrogen (secondary N) is 1. The van der Waals surface area contributed by atoms with Crippen molar-refractivity contribution in [3.8, 4) is 0 Å². The summed E-state index contributed by atoms with van der Waals surface area (Å²) < 4.78 is 5.06. The number of hydrogen-bond acceptors (Lipinski definition) is 2. The molecule has 0 spiro atoms. The van der Waals surface area contributed by atoms with Crippen molar-refractivity contribution in [3.63, 3.8) is 0 Å². The topological polar surface area (TPSA) is 51.0 Å². The van der Waals surface area contributed by atoms with Crippen LogP contribution in [0.3, 0.4) is 0 Å². The lowest BCUT2D eigenvalue weighted by Crippen LogP contribution is -1.95. The summed E-state index contributed by atoms with van der Waals surface area (Å²) in [7, 11) is 1.69. The molecule has 0 saturated heterocycles. The predicted octanol–water partition coefficient (Wildman–Crippen LogP) is 1.77. The van der Waals surface area contributed by atoms with Crippen LogP contribution in [0.5, 0.6) is 0 Å². The number of nitrogens with two attached hydrogens (primary N) is 1. The third-order valence-corrected chi connectivity index (χ3v) is 2.28. The molecule has 0 aliphatic heterocycles. The molecule has 0 bridgehead atoms. The molecule has 0 unspecified atom stereocenters. The molecule has 2 aromatic rings. The van der Waals surface area contributed by atoms with Crippen LogP contribution in [-0.2, 0) is 17.9 Å². The Morgan fingerprint density at radius 2 is 2.21 bits per heavy atom. The number of aromatic nitrogens is 1. The first-order valence-corrected chi connectivity index (χ1v) is 4.63. The van der Waals surface area contributed by atoms with Crippen LogP contribution in [-0.4, -0.2) is 12.1 Å². The van der Waals surface area contributed by atoms with Gasteiger partial charge in [-0.2, -0.15) is 0 Å². The monoisotopic (exact) mass is 190 g/mol. The number of ether oxygens (including phenoxy) is 1. The largest absolute Gasteiger partial charge is 0.378 e. The van der Waals surface area contributed by atoms with Crippen LogP contribution in [0.2, 0.25) is 0 Å². The van der Waals surface area contributed by atoms with Gasteiger partial charge in [-0.05, 0) is 23.1 Å². The minimum atomic E-state index is 0.578. The third kappa shape index (κ3) is 1.64. The summed E-state index contributed by atoms with van der Waals surface area (Å²) in [6.45, 7) is 1.20. The molecule has 0 atom stereocenters. The first-order valence-electron chi connectivity index (χ1n) is 4.63. The molecule has 0 amide bonds. The first kappa shape index (κ1) is 9.24. The molecule has 0 aliphatic carbocycles. The highest BCUT2D eigenvalue weighted by atomic mass is 16.5. The molecule has 74 valence electrons. The van der Waals surface area contributed by atoms with Gasteiger partial charge in [0.1, 0.15) is 0 Å². The summed E-state index contributed by atoms with van der Waals surface area (Å²) in [5.74, 6) is 0. The Labute approximate surface area is 82.9 Å². The summed E-state index contributed by atoms with van der Waals surface area (Å²) in [6.07, 6.45) is 0. The second-order valence-electron chi connectivity index (χ2n) is 3.35. The Balaban J connectivity index is 2.43. The summed E-state index contributed by atoms with van der Waals surface area (Å²) in [4.78, 5) is 3.29. The van der Waals surface area contributed by atoms with Crippen LogP contribution in [0.1, 0.15) is 11.3 Å². The van der Waals surface area contributed by atoms with Crippen molar-refractivity contribution in [1.82, 2.24) is 4.98 Å². The zero-order valence-electron chi connectivity index (χ0n) is 8.21. The van der Waals surface area contributed by atoms with Crippen molar-refractivity contribution >= 4 is 10.9 Å². The minimum Gasteiger partial charge on any atom is -0.378 e. The van der Waals surface area contributed by atoms with Gasteiger partial charge < -0.3 is 15.5 Å². The molecule has 1 aromatic carbocycles. The maximum Gasteiger partial charge on any atom is 0.0862 e. The number of fused-ring (bicyclic) bond motifs is 1. The van der Waals surface area contributed by atoms with Gasteiger partial charge in [-0.15, -0.1) is 0 Å². The van der Waals surface area contributed by atoms with Crippen molar-refractivity contribution in [3.05, 3.63) is 35.5 Å². The van der Waals surface area contributed by atoms with E-state index in [0.29, 0.717) is 13.2 Å². The van der Waals surface area contributed by atoms with E-state index in [-0.39, 0.29) is 0 Å². The fraction of sp³-hybridized carbons (Fsp3) is 0.273. The third-order valence-electron chi connectivity index (χ3n) is 2.28. The Bertz CT molecular complexity index is 434. The van der Waals surface area contributed by atoms with E-state index in [2.05, 4.69) is 23.2 Å². The number of rotatable bonds is 3. The molecule has 14 heavy (non-hydrogen) atoms. The van der Waals surface area contributed by atoms with E-state index in [1.165, 1.54) is 5.39 Å². The molecule has 0 aliphatic rings. The molecule has 2 rings (SSSR count). The van der Waals surface area contributed by atoms with Crippen LogP contribution >= 0.6 is 0 Å². The van der Waals surface area contributed by atoms with Crippen molar-refractivity contribution in [2.24, 2.45) is 5.73 Å². The highest BCUT2D eigenvalue weighted by Gasteiger charge is 2.00. The second-order valence-corrected chi connectivity index (χ2v) is 3.35. The zero-order valence-corrected chi connectivity index (χ0v) is 8.21. The predicted molar refractivity (Wildman–Crippen MR) is 56.9 cm³/mol. The van der Waals surface area contributed by atoms with Gasteiger partial charge in [0, 0.05) is 24.9 Å². The van der Waals surface area contributed by atoms with E-state index in [1.807, 2.05) is 6.07 Å². The summed E-state index contributed by atoms with van der Waals surface area (Å²) in [5, 5.41) is 1.20.